The van der Waals surface area contributed by atoms with Crippen LogP contribution in [0.1, 0.15) is 42.6 Å². The van der Waals surface area contributed by atoms with Crippen LogP contribution < -0.4 is 4.74 Å². The molecule has 22 heavy (non-hydrogen) atoms. The lowest BCUT2D eigenvalue weighted by Gasteiger charge is -2.14. The maximum atomic E-state index is 12.2. The molecule has 0 aliphatic carbocycles. The summed E-state index contributed by atoms with van der Waals surface area (Å²) in [5.41, 5.74) is 0.639. The molecule has 0 saturated carbocycles. The minimum Gasteiger partial charge on any atom is -0.496 e. The number of rotatable bonds is 7. The standard InChI is InChI=1S/C16H20O5S/c1-6-7-8-14(17)13-10-16(12(4)9-15(13)20-5)22(18,19)21-11(2)3/h1,9-11H,7-8H2,2-5H3. The summed E-state index contributed by atoms with van der Waals surface area (Å²) in [6.45, 7) is 4.86. The number of carbonyl (C=O) groups is 1. The molecule has 0 atom stereocenters. The van der Waals surface area contributed by atoms with Crippen molar-refractivity contribution < 1.29 is 22.1 Å². The molecule has 0 N–H and O–H groups in total. The maximum Gasteiger partial charge on any atom is 0.297 e. The van der Waals surface area contributed by atoms with Gasteiger partial charge in [0.05, 0.1) is 23.7 Å². The number of aryl methyl sites for hydroxylation is 1. The lowest BCUT2D eigenvalue weighted by Crippen LogP contribution is -2.15. The van der Waals surface area contributed by atoms with Crippen LogP contribution >= 0.6 is 0 Å². The van der Waals surface area contributed by atoms with Gasteiger partial charge in [-0.3, -0.25) is 8.98 Å². The van der Waals surface area contributed by atoms with E-state index in [1.165, 1.54) is 19.2 Å². The van der Waals surface area contributed by atoms with E-state index in [4.69, 9.17) is 15.3 Å². The van der Waals surface area contributed by atoms with Gasteiger partial charge >= 0.3 is 0 Å². The van der Waals surface area contributed by atoms with E-state index in [0.29, 0.717) is 11.3 Å². The summed E-state index contributed by atoms with van der Waals surface area (Å²) in [6.07, 6.45) is 5.06. The molecule has 120 valence electrons. The second-order valence-corrected chi connectivity index (χ2v) is 6.58. The molecule has 1 aromatic carbocycles. The van der Waals surface area contributed by atoms with Gasteiger partial charge in [0.25, 0.3) is 10.1 Å². The van der Waals surface area contributed by atoms with Crippen molar-refractivity contribution in [1.29, 1.82) is 0 Å². The Kier molecular flexibility index (Phi) is 6.15. The summed E-state index contributed by atoms with van der Waals surface area (Å²) in [5.74, 6) is 2.44. The van der Waals surface area contributed by atoms with Crippen LogP contribution in [0.15, 0.2) is 17.0 Å². The Hall–Kier alpha value is -1.84. The third-order valence-corrected chi connectivity index (χ3v) is 4.50. The fraction of sp³-hybridized carbons (Fsp3) is 0.438. The minimum atomic E-state index is -3.94. The van der Waals surface area contributed by atoms with E-state index >= 15 is 0 Å². The third-order valence-electron chi connectivity index (χ3n) is 2.88. The van der Waals surface area contributed by atoms with Crippen LogP contribution in [0.2, 0.25) is 0 Å². The van der Waals surface area contributed by atoms with Crippen molar-refractivity contribution in [1.82, 2.24) is 0 Å². The van der Waals surface area contributed by atoms with Crippen molar-refractivity contribution in [2.75, 3.05) is 7.11 Å². The van der Waals surface area contributed by atoms with Crippen LogP contribution in [-0.2, 0) is 14.3 Å². The van der Waals surface area contributed by atoms with E-state index in [1.807, 2.05) is 0 Å². The van der Waals surface area contributed by atoms with Gasteiger partial charge in [-0.25, -0.2) is 0 Å². The van der Waals surface area contributed by atoms with Crippen molar-refractivity contribution in [3.05, 3.63) is 23.3 Å². The third kappa shape index (κ3) is 4.33. The number of Topliss-reactive ketones (excluding diaryl/α,β-unsaturated/α-hetero) is 1. The molecule has 0 amide bonds. The molecule has 0 fully saturated rings. The number of hydrogen-bond acceptors (Lipinski definition) is 5. The average molecular weight is 324 g/mol. The number of benzene rings is 1. The zero-order valence-corrected chi connectivity index (χ0v) is 14.0. The Morgan fingerprint density at radius 2 is 2.00 bits per heavy atom. The zero-order chi connectivity index (χ0) is 16.9. The van der Waals surface area contributed by atoms with Crippen molar-refractivity contribution in [3.8, 4) is 18.1 Å². The first-order chi connectivity index (χ1) is 10.2. The van der Waals surface area contributed by atoms with E-state index in [0.717, 1.165) is 0 Å². The molecule has 5 nitrogen and oxygen atoms in total. The molecule has 0 aliphatic rings. The number of methoxy groups -OCH3 is 1. The van der Waals surface area contributed by atoms with Gasteiger partial charge in [0, 0.05) is 12.8 Å². The molecule has 0 aliphatic heterocycles. The van der Waals surface area contributed by atoms with Crippen LogP contribution in [0.25, 0.3) is 0 Å². The Balaban J connectivity index is 3.38. The van der Waals surface area contributed by atoms with Crippen LogP contribution in [-0.4, -0.2) is 27.4 Å². The molecule has 0 saturated heterocycles. The highest BCUT2D eigenvalue weighted by molar-refractivity contribution is 7.86. The summed E-state index contributed by atoms with van der Waals surface area (Å²) in [7, 11) is -2.52. The number of terminal acetylenes is 1. The van der Waals surface area contributed by atoms with Gasteiger partial charge in [-0.1, -0.05) is 0 Å². The predicted octanol–water partition coefficient (Wildman–Crippen LogP) is 2.71. The lowest BCUT2D eigenvalue weighted by atomic mass is 10.0. The first kappa shape index (κ1) is 18.2. The first-order valence-electron chi connectivity index (χ1n) is 6.81. The van der Waals surface area contributed by atoms with Gasteiger partial charge < -0.3 is 4.74 Å². The molecule has 0 bridgehead atoms. The highest BCUT2D eigenvalue weighted by Crippen LogP contribution is 2.29. The number of carbonyl (C=O) groups excluding carboxylic acids is 1. The number of hydrogen-bond donors (Lipinski definition) is 0. The summed E-state index contributed by atoms with van der Waals surface area (Å²) in [5, 5.41) is 0. The normalized spacial score (nSPS) is 11.3. The second-order valence-electron chi connectivity index (χ2n) is 5.04. The molecule has 1 rings (SSSR count). The van der Waals surface area contributed by atoms with E-state index in [9.17, 15) is 13.2 Å². The summed E-state index contributed by atoms with van der Waals surface area (Å²) >= 11 is 0. The largest absolute Gasteiger partial charge is 0.496 e. The number of ether oxygens (including phenoxy) is 1. The molecule has 0 heterocycles. The van der Waals surface area contributed by atoms with Crippen LogP contribution in [0.4, 0.5) is 0 Å². The van der Waals surface area contributed by atoms with Crippen molar-refractivity contribution in [2.24, 2.45) is 0 Å². The van der Waals surface area contributed by atoms with Gasteiger partial charge in [-0.05, 0) is 38.5 Å². The Morgan fingerprint density at radius 3 is 2.50 bits per heavy atom. The van der Waals surface area contributed by atoms with Gasteiger partial charge in [-0.2, -0.15) is 8.42 Å². The van der Waals surface area contributed by atoms with Gasteiger partial charge in [-0.15, -0.1) is 12.3 Å². The monoisotopic (exact) mass is 324 g/mol. The van der Waals surface area contributed by atoms with Crippen LogP contribution in [0.5, 0.6) is 5.75 Å². The fourth-order valence-corrected chi connectivity index (χ4v) is 3.27. The van der Waals surface area contributed by atoms with E-state index in [-0.39, 0.29) is 29.1 Å². The minimum absolute atomic E-state index is 0.0361. The highest BCUT2D eigenvalue weighted by Gasteiger charge is 2.24. The Labute approximate surface area is 131 Å². The summed E-state index contributed by atoms with van der Waals surface area (Å²) in [6, 6.07) is 2.81. The van der Waals surface area contributed by atoms with Crippen molar-refractivity contribution >= 4 is 15.9 Å². The molecule has 6 heteroatoms. The summed E-state index contributed by atoms with van der Waals surface area (Å²) in [4.78, 5) is 12.1. The van der Waals surface area contributed by atoms with Gasteiger partial charge in [0.15, 0.2) is 5.78 Å². The molecule has 0 radical (unpaired) electrons. The lowest BCUT2D eigenvalue weighted by molar-refractivity contribution is 0.0981. The van der Waals surface area contributed by atoms with Gasteiger partial charge in [0.1, 0.15) is 5.75 Å². The molecule has 0 spiro atoms. The van der Waals surface area contributed by atoms with Crippen molar-refractivity contribution in [2.45, 2.75) is 44.6 Å². The van der Waals surface area contributed by atoms with Crippen LogP contribution in [0, 0.1) is 19.3 Å². The molecular formula is C16H20O5S. The van der Waals surface area contributed by atoms with E-state index < -0.39 is 16.2 Å². The van der Waals surface area contributed by atoms with Crippen molar-refractivity contribution in [3.63, 3.8) is 0 Å². The quantitative estimate of drug-likeness (QED) is 0.438. The smallest absolute Gasteiger partial charge is 0.297 e. The maximum absolute atomic E-state index is 12.2. The molecule has 0 unspecified atom stereocenters. The van der Waals surface area contributed by atoms with Gasteiger partial charge in [0.2, 0.25) is 0 Å². The summed E-state index contributed by atoms with van der Waals surface area (Å²) < 4.78 is 34.6. The first-order valence-corrected chi connectivity index (χ1v) is 8.22. The fourth-order valence-electron chi connectivity index (χ4n) is 1.94. The molecule has 1 aromatic rings. The molecule has 0 aromatic heterocycles. The van der Waals surface area contributed by atoms with E-state index in [1.54, 1.807) is 20.8 Å². The zero-order valence-electron chi connectivity index (χ0n) is 13.2. The highest BCUT2D eigenvalue weighted by atomic mass is 32.2. The van der Waals surface area contributed by atoms with E-state index in [2.05, 4.69) is 5.92 Å². The topological polar surface area (TPSA) is 69.7 Å². The molecular weight excluding hydrogens is 304 g/mol. The SMILES string of the molecule is C#CCCC(=O)c1cc(S(=O)(=O)OC(C)C)c(C)cc1OC. The Morgan fingerprint density at radius 1 is 1.36 bits per heavy atom. The van der Waals surface area contributed by atoms with Crippen LogP contribution in [0.3, 0.4) is 0 Å². The second kappa shape index (κ2) is 7.43. The Bertz CT molecular complexity index is 696. The predicted molar refractivity (Wildman–Crippen MR) is 83.5 cm³/mol. The number of ketones is 1. The average Bonchev–Trinajstić information content (AvgIpc) is 2.42.